The Balaban J connectivity index is 1.36. The average molecular weight is 590 g/mol. The number of thiazole rings is 1. The van der Waals surface area contributed by atoms with Crippen LogP contribution in [0.15, 0.2) is 53.7 Å². The molecule has 39 heavy (non-hydrogen) atoms. The molecular formula is C26H25ClFN5O4S2. The number of aromatic nitrogens is 2. The van der Waals surface area contributed by atoms with Gasteiger partial charge in [-0.2, -0.15) is 8.42 Å². The van der Waals surface area contributed by atoms with Crippen LogP contribution in [0.3, 0.4) is 0 Å². The first kappa shape index (κ1) is 27.1. The molecule has 0 bridgehead atoms. The number of aryl methyl sites for hydroxylation is 1. The number of pyridine rings is 1. The van der Waals surface area contributed by atoms with Crippen LogP contribution in [-0.4, -0.2) is 43.7 Å². The second-order valence-electron chi connectivity index (χ2n) is 8.99. The fraction of sp³-hybridized carbons (Fsp3) is 0.231. The highest BCUT2D eigenvalue weighted by molar-refractivity contribution is 7.92. The monoisotopic (exact) mass is 589 g/mol. The number of methoxy groups -OCH3 is 1. The van der Waals surface area contributed by atoms with Gasteiger partial charge in [0.05, 0.1) is 29.7 Å². The number of hydrogen-bond donors (Lipinski definition) is 4. The lowest BCUT2D eigenvalue weighted by molar-refractivity contribution is 0.371. The summed E-state index contributed by atoms with van der Waals surface area (Å²) in [4.78, 5) is 9.62. The summed E-state index contributed by atoms with van der Waals surface area (Å²) >= 11 is 7.23. The van der Waals surface area contributed by atoms with Gasteiger partial charge in [0.2, 0.25) is 0 Å². The minimum absolute atomic E-state index is 0.0309. The number of nitrogens with one attached hydrogen (secondary N) is 3. The first-order valence-electron chi connectivity index (χ1n) is 11.9. The molecule has 1 aliphatic rings. The maximum atomic E-state index is 13.7. The number of sulfonamides is 1. The molecule has 4 aromatic rings. The number of anilines is 2. The van der Waals surface area contributed by atoms with E-state index in [-0.39, 0.29) is 33.4 Å². The van der Waals surface area contributed by atoms with E-state index in [2.05, 4.69) is 25.3 Å². The van der Waals surface area contributed by atoms with Gasteiger partial charge in [-0.25, -0.2) is 14.4 Å². The van der Waals surface area contributed by atoms with Crippen LogP contribution >= 0.6 is 22.9 Å². The van der Waals surface area contributed by atoms with Gasteiger partial charge in [-0.15, -0.1) is 11.3 Å². The fourth-order valence-electron chi connectivity index (χ4n) is 4.15. The highest BCUT2D eigenvalue weighted by Gasteiger charge is 2.28. The molecule has 0 unspecified atom stereocenters. The van der Waals surface area contributed by atoms with Gasteiger partial charge in [-0.3, -0.25) is 4.72 Å². The zero-order chi connectivity index (χ0) is 27.7. The Labute approximate surface area is 234 Å². The largest absolute Gasteiger partial charge is 0.504 e. The van der Waals surface area contributed by atoms with Crippen LogP contribution < -0.4 is 20.1 Å². The zero-order valence-corrected chi connectivity index (χ0v) is 23.3. The topological polar surface area (TPSA) is 125 Å². The van der Waals surface area contributed by atoms with E-state index in [0.717, 1.165) is 18.0 Å². The summed E-state index contributed by atoms with van der Waals surface area (Å²) in [7, 11) is -2.58. The van der Waals surface area contributed by atoms with Gasteiger partial charge in [0.15, 0.2) is 21.7 Å². The summed E-state index contributed by atoms with van der Waals surface area (Å²) in [5.74, 6) is 0.0149. The van der Waals surface area contributed by atoms with Crippen molar-refractivity contribution in [2.75, 3.05) is 30.2 Å². The van der Waals surface area contributed by atoms with E-state index in [1.165, 1.54) is 36.8 Å². The van der Waals surface area contributed by atoms with Gasteiger partial charge in [0.25, 0.3) is 10.0 Å². The summed E-state index contributed by atoms with van der Waals surface area (Å²) in [6.45, 7) is 3.40. The maximum absolute atomic E-state index is 13.7. The van der Waals surface area contributed by atoms with Crippen molar-refractivity contribution in [3.63, 3.8) is 0 Å². The fourth-order valence-corrected chi connectivity index (χ4v) is 6.81. The summed E-state index contributed by atoms with van der Waals surface area (Å²) in [6, 6.07) is 11.2. The van der Waals surface area contributed by atoms with Crippen molar-refractivity contribution in [3.8, 4) is 22.8 Å². The second kappa shape index (κ2) is 11.0. The van der Waals surface area contributed by atoms with Crippen LogP contribution in [0, 0.1) is 12.7 Å². The zero-order valence-electron chi connectivity index (χ0n) is 21.0. The van der Waals surface area contributed by atoms with E-state index in [9.17, 15) is 17.9 Å². The van der Waals surface area contributed by atoms with E-state index in [4.69, 9.17) is 16.3 Å². The minimum atomic E-state index is -4.06. The van der Waals surface area contributed by atoms with E-state index in [0.29, 0.717) is 33.8 Å². The van der Waals surface area contributed by atoms with Crippen molar-refractivity contribution < 1.29 is 22.7 Å². The third kappa shape index (κ3) is 5.64. The molecule has 204 valence electrons. The van der Waals surface area contributed by atoms with Gasteiger partial charge in [-0.1, -0.05) is 23.7 Å². The molecular weight excluding hydrogens is 565 g/mol. The van der Waals surface area contributed by atoms with Crippen LogP contribution in [0.4, 0.5) is 15.2 Å². The van der Waals surface area contributed by atoms with Gasteiger partial charge < -0.3 is 20.5 Å². The molecule has 13 heteroatoms. The summed E-state index contributed by atoms with van der Waals surface area (Å²) in [5.41, 5.74) is 2.80. The molecule has 0 amide bonds. The third-order valence-electron chi connectivity index (χ3n) is 6.29. The number of phenolic OH excluding ortho intramolecular Hbond substituents is 1. The number of halogens is 2. The molecule has 1 saturated heterocycles. The summed E-state index contributed by atoms with van der Waals surface area (Å²) in [6.07, 6.45) is 1.41. The molecule has 0 atom stereocenters. The predicted octanol–water partition coefficient (Wildman–Crippen LogP) is 5.12. The van der Waals surface area contributed by atoms with Crippen LogP contribution in [0.1, 0.15) is 21.9 Å². The standard InChI is InChI=1S/C26H25ClFN5O4S2/c1-14-8-18(30-12-16-4-3-5-21(37-2)23(16)34)13-31-25(14)39(35,36)33-26-32-22(24(38-26)17-10-29-11-17)15-6-7-20(28)19(27)9-15/h3-9,13,17,29-30,34H,10-12H2,1-2H3,(H,32,33). The molecule has 0 spiro atoms. The molecule has 0 saturated carbocycles. The Morgan fingerprint density at radius 1 is 1.26 bits per heavy atom. The molecule has 2 aromatic heterocycles. The molecule has 2 aromatic carbocycles. The number of aromatic hydroxyl groups is 1. The van der Waals surface area contributed by atoms with E-state index < -0.39 is 15.8 Å². The third-order valence-corrected chi connectivity index (χ3v) is 9.24. The smallest absolute Gasteiger partial charge is 0.281 e. The molecule has 4 N–H and O–H groups in total. The van der Waals surface area contributed by atoms with Crippen molar-refractivity contribution in [1.29, 1.82) is 0 Å². The minimum Gasteiger partial charge on any atom is -0.504 e. The number of ether oxygens (including phenoxy) is 1. The number of rotatable bonds is 9. The lowest BCUT2D eigenvalue weighted by atomic mass is 9.97. The Morgan fingerprint density at radius 3 is 2.72 bits per heavy atom. The van der Waals surface area contributed by atoms with Crippen LogP contribution in [0.5, 0.6) is 11.5 Å². The van der Waals surface area contributed by atoms with Gasteiger partial charge in [0, 0.05) is 41.6 Å². The number of para-hydroxylation sites is 1. The Hall–Kier alpha value is -3.45. The molecule has 9 nitrogen and oxygen atoms in total. The van der Waals surface area contributed by atoms with Crippen molar-refractivity contribution in [2.24, 2.45) is 0 Å². The van der Waals surface area contributed by atoms with Gasteiger partial charge in [0.1, 0.15) is 5.82 Å². The quantitative estimate of drug-likeness (QED) is 0.212. The lowest BCUT2D eigenvalue weighted by Crippen LogP contribution is -2.39. The number of phenols is 1. The normalized spacial score (nSPS) is 13.6. The lowest BCUT2D eigenvalue weighted by Gasteiger charge is -2.26. The second-order valence-corrected chi connectivity index (χ2v) is 12.0. The first-order valence-corrected chi connectivity index (χ1v) is 14.6. The average Bonchev–Trinajstić information content (AvgIpc) is 3.25. The van der Waals surface area contributed by atoms with Gasteiger partial charge in [-0.05, 0) is 42.8 Å². The van der Waals surface area contributed by atoms with E-state index in [1.54, 1.807) is 37.3 Å². The Bertz CT molecular complexity index is 1640. The first-order chi connectivity index (χ1) is 18.7. The van der Waals surface area contributed by atoms with Crippen molar-refractivity contribution >= 4 is 43.8 Å². The Morgan fingerprint density at radius 2 is 2.05 bits per heavy atom. The molecule has 5 rings (SSSR count). The molecule has 3 heterocycles. The highest BCUT2D eigenvalue weighted by atomic mass is 35.5. The summed E-state index contributed by atoms with van der Waals surface area (Å²) < 4.78 is 48.0. The van der Waals surface area contributed by atoms with E-state index in [1.807, 2.05) is 0 Å². The van der Waals surface area contributed by atoms with Crippen LogP contribution in [-0.2, 0) is 16.6 Å². The number of benzene rings is 2. The van der Waals surface area contributed by atoms with Crippen LogP contribution in [0.2, 0.25) is 5.02 Å². The molecule has 1 aliphatic heterocycles. The van der Waals surface area contributed by atoms with Gasteiger partial charge >= 0.3 is 0 Å². The van der Waals surface area contributed by atoms with Crippen molar-refractivity contribution in [1.82, 2.24) is 15.3 Å². The highest BCUT2D eigenvalue weighted by Crippen LogP contribution is 2.39. The number of hydrogen-bond acceptors (Lipinski definition) is 9. The van der Waals surface area contributed by atoms with E-state index >= 15 is 0 Å². The van der Waals surface area contributed by atoms with Crippen molar-refractivity contribution in [2.45, 2.75) is 24.4 Å². The molecule has 0 aliphatic carbocycles. The maximum Gasteiger partial charge on any atom is 0.281 e. The number of nitrogens with zero attached hydrogens (tertiary/aromatic N) is 2. The molecule has 0 radical (unpaired) electrons. The van der Waals surface area contributed by atoms with Crippen LogP contribution in [0.25, 0.3) is 11.3 Å². The SMILES string of the molecule is COc1cccc(CNc2cnc(S(=O)(=O)Nc3nc(-c4ccc(F)c(Cl)c4)c(C4CNC4)s3)c(C)c2)c1O. The summed E-state index contributed by atoms with van der Waals surface area (Å²) in [5, 5.41) is 16.6. The predicted molar refractivity (Wildman–Crippen MR) is 150 cm³/mol. The Kier molecular flexibility index (Phi) is 7.63. The molecule has 1 fully saturated rings. The van der Waals surface area contributed by atoms with Crippen molar-refractivity contribution in [3.05, 3.63) is 75.5 Å².